The minimum atomic E-state index is -0.798. The highest BCUT2D eigenvalue weighted by molar-refractivity contribution is 9.10. The van der Waals surface area contributed by atoms with Gasteiger partial charge in [-0.15, -0.1) is 0 Å². The summed E-state index contributed by atoms with van der Waals surface area (Å²) >= 11 is 3.40. The number of rotatable bonds is 2. The molecule has 0 radical (unpaired) electrons. The Morgan fingerprint density at radius 1 is 1.62 bits per heavy atom. The third-order valence-electron chi connectivity index (χ3n) is 3.28. The highest BCUT2D eigenvalue weighted by Crippen LogP contribution is 2.34. The number of hydrogen-bond acceptors (Lipinski definition) is 2. The lowest BCUT2D eigenvalue weighted by atomic mass is 9.84. The molecular weight excluding hydrogens is 270 g/mol. The largest absolute Gasteiger partial charge is 0.480 e. The molecule has 0 bridgehead atoms. The molecule has 0 aromatic heterocycles. The predicted octanol–water partition coefficient (Wildman–Crippen LogP) is 3.04. The standard InChI is InChI=1S/C12H14BrNO2/c1-2-12(11(15)16)6-5-8-3-4-9(13)7-10(8)14-12/h3-4,7,14H,2,5-6H2,1H3,(H,15,16). The van der Waals surface area contributed by atoms with Crippen LogP contribution < -0.4 is 5.32 Å². The summed E-state index contributed by atoms with van der Waals surface area (Å²) in [6, 6.07) is 5.97. The molecular formula is C12H14BrNO2. The number of carboxylic acid groups (broad SMARTS) is 1. The number of nitrogens with one attached hydrogen (secondary N) is 1. The van der Waals surface area contributed by atoms with Gasteiger partial charge in [0.05, 0.1) is 0 Å². The van der Waals surface area contributed by atoms with E-state index in [1.807, 2.05) is 25.1 Å². The second kappa shape index (κ2) is 4.09. The lowest BCUT2D eigenvalue weighted by Crippen LogP contribution is -2.48. The van der Waals surface area contributed by atoms with Gasteiger partial charge in [-0.25, -0.2) is 4.79 Å². The van der Waals surface area contributed by atoms with E-state index < -0.39 is 11.5 Å². The molecule has 3 nitrogen and oxygen atoms in total. The molecule has 16 heavy (non-hydrogen) atoms. The van der Waals surface area contributed by atoms with Crippen molar-refractivity contribution in [3.63, 3.8) is 0 Å². The van der Waals surface area contributed by atoms with Crippen LogP contribution in [0.2, 0.25) is 0 Å². The van der Waals surface area contributed by atoms with E-state index in [1.165, 1.54) is 5.56 Å². The topological polar surface area (TPSA) is 49.3 Å². The molecule has 2 N–H and O–H groups in total. The second-order valence-corrected chi connectivity index (χ2v) is 5.08. The molecule has 0 saturated heterocycles. The van der Waals surface area contributed by atoms with Gasteiger partial charge in [-0.2, -0.15) is 0 Å². The van der Waals surface area contributed by atoms with Gasteiger partial charge in [-0.3, -0.25) is 0 Å². The molecule has 0 fully saturated rings. The van der Waals surface area contributed by atoms with Gasteiger partial charge in [0.25, 0.3) is 0 Å². The number of hydrogen-bond donors (Lipinski definition) is 2. The highest BCUT2D eigenvalue weighted by Gasteiger charge is 2.39. The number of carbonyl (C=O) groups is 1. The van der Waals surface area contributed by atoms with Gasteiger partial charge >= 0.3 is 5.97 Å². The summed E-state index contributed by atoms with van der Waals surface area (Å²) in [5, 5.41) is 12.5. The minimum Gasteiger partial charge on any atom is -0.480 e. The van der Waals surface area contributed by atoms with E-state index in [9.17, 15) is 9.90 Å². The fraction of sp³-hybridized carbons (Fsp3) is 0.417. The molecule has 0 amide bonds. The Morgan fingerprint density at radius 2 is 2.38 bits per heavy atom. The van der Waals surface area contributed by atoms with Crippen LogP contribution in [-0.2, 0) is 11.2 Å². The average Bonchev–Trinajstić information content (AvgIpc) is 2.27. The van der Waals surface area contributed by atoms with Crippen molar-refractivity contribution in [1.29, 1.82) is 0 Å². The smallest absolute Gasteiger partial charge is 0.329 e. The Bertz CT molecular complexity index is 433. The summed E-state index contributed by atoms with van der Waals surface area (Å²) in [6.45, 7) is 1.91. The number of aliphatic carboxylic acids is 1. The van der Waals surface area contributed by atoms with E-state index in [4.69, 9.17) is 0 Å². The van der Waals surface area contributed by atoms with Gasteiger partial charge < -0.3 is 10.4 Å². The monoisotopic (exact) mass is 283 g/mol. The zero-order valence-corrected chi connectivity index (χ0v) is 10.7. The number of carboxylic acids is 1. The van der Waals surface area contributed by atoms with Crippen molar-refractivity contribution in [3.05, 3.63) is 28.2 Å². The normalized spacial score (nSPS) is 23.4. The van der Waals surface area contributed by atoms with Crippen LogP contribution in [0.4, 0.5) is 5.69 Å². The van der Waals surface area contributed by atoms with Crippen molar-refractivity contribution in [3.8, 4) is 0 Å². The van der Waals surface area contributed by atoms with Gasteiger partial charge in [-0.1, -0.05) is 28.9 Å². The lowest BCUT2D eigenvalue weighted by molar-refractivity contribution is -0.142. The van der Waals surface area contributed by atoms with E-state index in [2.05, 4.69) is 21.2 Å². The molecule has 86 valence electrons. The van der Waals surface area contributed by atoms with E-state index in [0.29, 0.717) is 12.8 Å². The Morgan fingerprint density at radius 3 is 3.00 bits per heavy atom. The minimum absolute atomic E-state index is 0.592. The van der Waals surface area contributed by atoms with Crippen molar-refractivity contribution < 1.29 is 9.90 Å². The third-order valence-corrected chi connectivity index (χ3v) is 3.77. The molecule has 1 aliphatic heterocycles. The van der Waals surface area contributed by atoms with Crippen LogP contribution in [0.1, 0.15) is 25.3 Å². The molecule has 1 aromatic rings. The van der Waals surface area contributed by atoms with Crippen LogP contribution in [0.25, 0.3) is 0 Å². The number of halogens is 1. The number of benzene rings is 1. The summed E-state index contributed by atoms with van der Waals surface area (Å²) in [4.78, 5) is 11.3. The maximum atomic E-state index is 11.3. The fourth-order valence-corrected chi connectivity index (χ4v) is 2.49. The van der Waals surface area contributed by atoms with Crippen LogP contribution in [0, 0.1) is 0 Å². The Labute approximate surface area is 103 Å². The van der Waals surface area contributed by atoms with Gasteiger partial charge in [0, 0.05) is 10.2 Å². The molecule has 1 heterocycles. The van der Waals surface area contributed by atoms with Gasteiger partial charge in [0.15, 0.2) is 0 Å². The quantitative estimate of drug-likeness (QED) is 0.877. The van der Waals surface area contributed by atoms with Crippen LogP contribution >= 0.6 is 15.9 Å². The molecule has 1 atom stereocenters. The van der Waals surface area contributed by atoms with Crippen molar-refractivity contribution in [2.75, 3.05) is 5.32 Å². The first-order valence-corrected chi connectivity index (χ1v) is 6.17. The van der Waals surface area contributed by atoms with Crippen molar-refractivity contribution in [2.24, 2.45) is 0 Å². The Balaban J connectivity index is 2.38. The number of anilines is 1. The van der Waals surface area contributed by atoms with Gasteiger partial charge in [0.1, 0.15) is 5.54 Å². The first-order chi connectivity index (χ1) is 7.57. The molecule has 1 aromatic carbocycles. The first kappa shape index (κ1) is 11.5. The zero-order chi connectivity index (χ0) is 11.8. The van der Waals surface area contributed by atoms with Crippen molar-refractivity contribution in [2.45, 2.75) is 31.7 Å². The number of fused-ring (bicyclic) bond motifs is 1. The first-order valence-electron chi connectivity index (χ1n) is 5.37. The van der Waals surface area contributed by atoms with Crippen LogP contribution in [0.15, 0.2) is 22.7 Å². The third kappa shape index (κ3) is 1.82. The summed E-state index contributed by atoms with van der Waals surface area (Å²) < 4.78 is 0.969. The molecule has 0 aliphatic carbocycles. The van der Waals surface area contributed by atoms with E-state index in [0.717, 1.165) is 16.6 Å². The Kier molecular flexibility index (Phi) is 2.93. The highest BCUT2D eigenvalue weighted by atomic mass is 79.9. The SMILES string of the molecule is CCC1(C(=O)O)CCc2ccc(Br)cc2N1. The van der Waals surface area contributed by atoms with Gasteiger partial charge in [0.2, 0.25) is 0 Å². The summed E-state index contributed by atoms with van der Waals surface area (Å²) in [7, 11) is 0. The summed E-state index contributed by atoms with van der Waals surface area (Å²) in [5.74, 6) is -0.763. The summed E-state index contributed by atoms with van der Waals surface area (Å²) in [5.41, 5.74) is 1.33. The van der Waals surface area contributed by atoms with Crippen molar-refractivity contribution in [1.82, 2.24) is 0 Å². The van der Waals surface area contributed by atoms with Crippen LogP contribution in [0.3, 0.4) is 0 Å². The van der Waals surface area contributed by atoms with Crippen LogP contribution in [-0.4, -0.2) is 16.6 Å². The molecule has 0 spiro atoms. The summed E-state index contributed by atoms with van der Waals surface area (Å²) in [6.07, 6.45) is 2.05. The van der Waals surface area contributed by atoms with Crippen LogP contribution in [0.5, 0.6) is 0 Å². The maximum absolute atomic E-state index is 11.3. The Hall–Kier alpha value is -1.03. The predicted molar refractivity (Wildman–Crippen MR) is 66.7 cm³/mol. The van der Waals surface area contributed by atoms with Crippen molar-refractivity contribution >= 4 is 27.6 Å². The maximum Gasteiger partial charge on any atom is 0.329 e. The lowest BCUT2D eigenvalue weighted by Gasteiger charge is -2.35. The molecule has 4 heteroatoms. The van der Waals surface area contributed by atoms with E-state index in [-0.39, 0.29) is 0 Å². The van der Waals surface area contributed by atoms with E-state index in [1.54, 1.807) is 0 Å². The molecule has 1 unspecified atom stereocenters. The second-order valence-electron chi connectivity index (χ2n) is 4.17. The molecule has 0 saturated carbocycles. The zero-order valence-electron chi connectivity index (χ0n) is 9.09. The van der Waals surface area contributed by atoms with Gasteiger partial charge in [-0.05, 0) is 37.0 Å². The fourth-order valence-electron chi connectivity index (χ4n) is 2.13. The van der Waals surface area contributed by atoms with E-state index >= 15 is 0 Å². The average molecular weight is 284 g/mol. The number of aryl methyl sites for hydroxylation is 1. The molecule has 2 rings (SSSR count). The molecule has 1 aliphatic rings.